The second-order valence-corrected chi connectivity index (χ2v) is 13.3. The van der Waals surface area contributed by atoms with E-state index >= 15 is 0 Å². The van der Waals surface area contributed by atoms with Crippen molar-refractivity contribution in [3.8, 4) is 22.5 Å². The predicted octanol–water partition coefficient (Wildman–Crippen LogP) is 7.56. The maximum Gasteiger partial charge on any atom is 0.337 e. The van der Waals surface area contributed by atoms with Gasteiger partial charge in [0.25, 0.3) is 0 Å². The summed E-state index contributed by atoms with van der Waals surface area (Å²) in [6.45, 7) is 8.01. The smallest absolute Gasteiger partial charge is 0.337 e. The number of hydrogen-bond acceptors (Lipinski definition) is 7. The first kappa shape index (κ1) is 35.0. The van der Waals surface area contributed by atoms with Gasteiger partial charge in [0.2, 0.25) is 0 Å². The van der Waals surface area contributed by atoms with Gasteiger partial charge in [-0.25, -0.2) is 19.6 Å². The second kappa shape index (κ2) is 15.3. The van der Waals surface area contributed by atoms with E-state index in [-0.39, 0.29) is 17.6 Å². The molecule has 0 amide bonds. The van der Waals surface area contributed by atoms with Crippen molar-refractivity contribution in [1.82, 2.24) is 19.9 Å². The molecule has 10 nitrogen and oxygen atoms in total. The summed E-state index contributed by atoms with van der Waals surface area (Å²) in [4.78, 5) is 39.5. The predicted molar refractivity (Wildman–Crippen MR) is 185 cm³/mol. The summed E-state index contributed by atoms with van der Waals surface area (Å²) in [5.41, 5.74) is 8.51. The largest absolute Gasteiger partial charge is 0.478 e. The summed E-state index contributed by atoms with van der Waals surface area (Å²) in [5.74, 6) is 1.53. The number of hydrogen-bond donors (Lipinski definition) is 4. The average Bonchev–Trinajstić information content (AvgIpc) is 3.67. The van der Waals surface area contributed by atoms with E-state index in [0.717, 1.165) is 108 Å². The summed E-state index contributed by atoms with van der Waals surface area (Å²) >= 11 is 0. The van der Waals surface area contributed by atoms with Gasteiger partial charge in [-0.3, -0.25) is 0 Å². The molecule has 256 valence electrons. The van der Waals surface area contributed by atoms with Crippen molar-refractivity contribution in [2.24, 2.45) is 0 Å². The van der Waals surface area contributed by atoms with Crippen LogP contribution in [0.2, 0.25) is 0 Å². The Labute approximate surface area is 282 Å². The number of aromatic nitrogens is 4. The molecule has 4 aromatic rings. The number of benzene rings is 2. The first-order valence-corrected chi connectivity index (χ1v) is 16.9. The summed E-state index contributed by atoms with van der Waals surface area (Å²) < 4.78 is 10.3. The third-order valence-electron chi connectivity index (χ3n) is 9.94. The maximum atomic E-state index is 11.8. The van der Waals surface area contributed by atoms with Crippen molar-refractivity contribution in [2.75, 3.05) is 14.2 Å². The van der Waals surface area contributed by atoms with Crippen LogP contribution in [0, 0.1) is 27.7 Å². The summed E-state index contributed by atoms with van der Waals surface area (Å²) in [5, 5.41) is 18.8. The molecular weight excluding hydrogens is 608 g/mol. The SMILES string of the molecule is COC(=O)c1ccc(C)c(-c2nc(C3CCC(OC)CC3)[nH]c2C)c1.Cc1ccc(C(=O)O)cc1-c1nc(C2CCC(O)CC2)[nH]c1C. The van der Waals surface area contributed by atoms with Crippen LogP contribution in [0.15, 0.2) is 36.4 Å². The van der Waals surface area contributed by atoms with Gasteiger partial charge in [-0.1, -0.05) is 12.1 Å². The van der Waals surface area contributed by atoms with E-state index in [9.17, 15) is 19.8 Å². The molecule has 2 aliphatic rings. The van der Waals surface area contributed by atoms with Crippen LogP contribution in [0.3, 0.4) is 0 Å². The lowest BCUT2D eigenvalue weighted by atomic mass is 9.87. The van der Waals surface area contributed by atoms with Crippen molar-refractivity contribution in [3.05, 3.63) is 81.7 Å². The van der Waals surface area contributed by atoms with Gasteiger partial charge in [0.05, 0.1) is 41.8 Å². The highest BCUT2D eigenvalue weighted by Crippen LogP contribution is 2.36. The number of ether oxygens (including phenoxy) is 2. The van der Waals surface area contributed by atoms with E-state index in [0.29, 0.717) is 23.5 Å². The zero-order valence-corrected chi connectivity index (χ0v) is 28.9. The number of H-pyrrole nitrogens is 2. The molecule has 4 N–H and O–H groups in total. The number of methoxy groups -OCH3 is 2. The zero-order valence-electron chi connectivity index (χ0n) is 28.9. The minimum Gasteiger partial charge on any atom is -0.478 e. The highest BCUT2D eigenvalue weighted by molar-refractivity contribution is 5.91. The number of aromatic amines is 2. The molecule has 0 radical (unpaired) electrons. The van der Waals surface area contributed by atoms with Gasteiger partial charge in [-0.05, 0) is 114 Å². The van der Waals surface area contributed by atoms with Crippen molar-refractivity contribution < 1.29 is 29.3 Å². The summed E-state index contributed by atoms with van der Waals surface area (Å²) in [6, 6.07) is 10.7. The highest BCUT2D eigenvalue weighted by Gasteiger charge is 2.26. The van der Waals surface area contributed by atoms with Crippen LogP contribution in [0.1, 0.15) is 118 Å². The highest BCUT2D eigenvalue weighted by atomic mass is 16.5. The number of imidazole rings is 2. The number of aliphatic hydroxyl groups is 1. The molecule has 0 spiro atoms. The number of nitrogens with zero attached hydrogens (tertiary/aromatic N) is 2. The number of aryl methyl sites for hydroxylation is 4. The van der Waals surface area contributed by atoms with Gasteiger partial charge in [-0.2, -0.15) is 0 Å². The third kappa shape index (κ3) is 7.88. The monoisotopic (exact) mass is 656 g/mol. The molecule has 10 heteroatoms. The number of aromatic carboxylic acids is 1. The van der Waals surface area contributed by atoms with Gasteiger partial charge < -0.3 is 29.7 Å². The Kier molecular flexibility index (Phi) is 11.2. The molecule has 2 aromatic heterocycles. The topological polar surface area (TPSA) is 150 Å². The first-order chi connectivity index (χ1) is 23.0. The Bertz CT molecular complexity index is 1740. The van der Waals surface area contributed by atoms with E-state index in [4.69, 9.17) is 19.4 Å². The molecule has 2 aliphatic carbocycles. The molecule has 48 heavy (non-hydrogen) atoms. The number of carboxylic acids is 1. The molecule has 0 unspecified atom stereocenters. The third-order valence-corrected chi connectivity index (χ3v) is 9.94. The van der Waals surface area contributed by atoms with Crippen molar-refractivity contribution in [2.45, 2.75) is 103 Å². The van der Waals surface area contributed by atoms with Crippen molar-refractivity contribution in [1.29, 1.82) is 0 Å². The van der Waals surface area contributed by atoms with E-state index in [1.807, 2.05) is 45.9 Å². The fraction of sp³-hybridized carbons (Fsp3) is 0.474. The molecule has 2 fully saturated rings. The van der Waals surface area contributed by atoms with Crippen LogP contribution in [-0.2, 0) is 9.47 Å². The normalized spacial score (nSPS) is 20.9. The molecule has 0 atom stereocenters. The standard InChI is InChI=1S/C20H26N2O3.C18H22N2O3/c1-12-5-6-15(20(23)25-4)11-17(12)18-13(2)21-19(22-18)14-7-9-16(24-3)10-8-14;1-10-3-4-13(18(22)23)9-15(10)16-11(2)19-17(20-16)12-5-7-14(21)8-6-12/h5-6,11,14,16H,7-10H2,1-4H3,(H,21,22);3-4,9,12,14,21H,5-8H2,1-2H3,(H,19,20)(H,22,23). The first-order valence-electron chi connectivity index (χ1n) is 16.9. The molecule has 2 heterocycles. The average molecular weight is 657 g/mol. The molecular formula is C38H48N4O6. The Morgan fingerprint density at radius 1 is 0.708 bits per heavy atom. The van der Waals surface area contributed by atoms with Gasteiger partial charge >= 0.3 is 11.9 Å². The molecule has 2 aromatic carbocycles. The van der Waals surface area contributed by atoms with Crippen LogP contribution in [0.4, 0.5) is 0 Å². The second-order valence-electron chi connectivity index (χ2n) is 13.3. The lowest BCUT2D eigenvalue weighted by Gasteiger charge is -2.26. The Morgan fingerprint density at radius 2 is 1.17 bits per heavy atom. The van der Waals surface area contributed by atoms with Crippen LogP contribution < -0.4 is 0 Å². The van der Waals surface area contributed by atoms with Crippen LogP contribution >= 0.6 is 0 Å². The lowest BCUT2D eigenvalue weighted by Crippen LogP contribution is -2.19. The van der Waals surface area contributed by atoms with Gasteiger partial charge in [0.1, 0.15) is 11.6 Å². The number of esters is 1. The van der Waals surface area contributed by atoms with Gasteiger partial charge in [-0.15, -0.1) is 0 Å². The number of nitrogens with one attached hydrogen (secondary N) is 2. The number of carbonyl (C=O) groups excluding carboxylic acids is 1. The van der Waals surface area contributed by atoms with Gasteiger partial charge in [0, 0.05) is 41.5 Å². The Morgan fingerprint density at radius 3 is 1.62 bits per heavy atom. The maximum absolute atomic E-state index is 11.8. The quantitative estimate of drug-likeness (QED) is 0.149. The van der Waals surface area contributed by atoms with Crippen LogP contribution in [0.25, 0.3) is 22.5 Å². The van der Waals surface area contributed by atoms with Crippen LogP contribution in [0.5, 0.6) is 0 Å². The molecule has 6 rings (SSSR count). The Hall–Kier alpha value is -4.28. The van der Waals surface area contributed by atoms with E-state index in [1.165, 1.54) is 7.11 Å². The molecule has 2 saturated carbocycles. The van der Waals surface area contributed by atoms with E-state index in [1.54, 1.807) is 25.3 Å². The fourth-order valence-corrected chi connectivity index (χ4v) is 6.93. The van der Waals surface area contributed by atoms with Crippen LogP contribution in [-0.4, -0.2) is 68.5 Å². The van der Waals surface area contributed by atoms with Crippen molar-refractivity contribution >= 4 is 11.9 Å². The minimum atomic E-state index is -0.930. The molecule has 0 bridgehead atoms. The lowest BCUT2D eigenvalue weighted by molar-refractivity contribution is 0.0599. The number of carboxylic acid groups (broad SMARTS) is 1. The van der Waals surface area contributed by atoms with Gasteiger partial charge in [0.15, 0.2) is 0 Å². The summed E-state index contributed by atoms with van der Waals surface area (Å²) in [6.07, 6.45) is 8.02. The Balaban J connectivity index is 0.000000188. The number of carbonyl (C=O) groups is 2. The fourth-order valence-electron chi connectivity index (χ4n) is 6.93. The number of aliphatic hydroxyl groups excluding tert-OH is 1. The number of rotatable bonds is 7. The molecule has 0 aliphatic heterocycles. The van der Waals surface area contributed by atoms with E-state index < -0.39 is 5.97 Å². The summed E-state index contributed by atoms with van der Waals surface area (Å²) in [7, 11) is 3.19. The zero-order chi connectivity index (χ0) is 34.5. The molecule has 0 saturated heterocycles. The van der Waals surface area contributed by atoms with E-state index in [2.05, 4.69) is 9.97 Å². The minimum absolute atomic E-state index is 0.184. The van der Waals surface area contributed by atoms with Crippen molar-refractivity contribution in [3.63, 3.8) is 0 Å².